The predicted molar refractivity (Wildman–Crippen MR) is 134 cm³/mol. The topological polar surface area (TPSA) is 74.5 Å². The molecule has 1 N–H and O–H groups in total. The molecule has 184 valence electrons. The number of aromatic nitrogens is 2. The van der Waals surface area contributed by atoms with Gasteiger partial charge in [0.25, 0.3) is 0 Å². The Morgan fingerprint density at radius 2 is 1.82 bits per heavy atom. The van der Waals surface area contributed by atoms with Crippen LogP contribution in [0.15, 0.2) is 22.7 Å². The van der Waals surface area contributed by atoms with E-state index in [1.54, 1.807) is 0 Å². The number of halogens is 1. The van der Waals surface area contributed by atoms with Gasteiger partial charge in [-0.1, -0.05) is 35.8 Å². The molecular formula is C26H36ClN5O2. The highest BCUT2D eigenvalue weighted by Crippen LogP contribution is 2.41. The van der Waals surface area contributed by atoms with Crippen LogP contribution in [-0.4, -0.2) is 58.2 Å². The number of carbonyl (C=O) groups is 1. The molecule has 1 aromatic heterocycles. The number of piperidine rings is 2. The van der Waals surface area contributed by atoms with Gasteiger partial charge in [-0.2, -0.15) is 4.98 Å². The molecule has 3 heterocycles. The zero-order valence-electron chi connectivity index (χ0n) is 20.5. The van der Waals surface area contributed by atoms with Gasteiger partial charge < -0.3 is 19.6 Å². The van der Waals surface area contributed by atoms with E-state index in [4.69, 9.17) is 16.1 Å². The second-order valence-electron chi connectivity index (χ2n) is 10.8. The van der Waals surface area contributed by atoms with Crippen molar-refractivity contribution in [1.82, 2.24) is 19.9 Å². The summed E-state index contributed by atoms with van der Waals surface area (Å²) in [4.78, 5) is 22.3. The van der Waals surface area contributed by atoms with E-state index in [2.05, 4.69) is 47.2 Å². The number of amides is 2. The molecule has 5 rings (SSSR count). The highest BCUT2D eigenvalue weighted by atomic mass is 35.5. The van der Waals surface area contributed by atoms with E-state index in [9.17, 15) is 4.79 Å². The number of nitrogens with one attached hydrogen (secondary N) is 1. The minimum Gasteiger partial charge on any atom is -0.339 e. The van der Waals surface area contributed by atoms with Crippen molar-refractivity contribution in [2.45, 2.75) is 82.6 Å². The van der Waals surface area contributed by atoms with Crippen LogP contribution in [0.1, 0.15) is 88.4 Å². The van der Waals surface area contributed by atoms with Gasteiger partial charge in [-0.15, -0.1) is 0 Å². The number of nitrogens with zero attached hydrogens (tertiary/aromatic N) is 4. The summed E-state index contributed by atoms with van der Waals surface area (Å²) in [5, 5.41) is 8.05. The lowest BCUT2D eigenvalue weighted by Crippen LogP contribution is -2.46. The fraction of sp³-hybridized carbons (Fsp3) is 0.654. The third kappa shape index (κ3) is 4.82. The van der Waals surface area contributed by atoms with Crippen molar-refractivity contribution in [3.63, 3.8) is 0 Å². The Morgan fingerprint density at radius 3 is 2.47 bits per heavy atom. The molecule has 1 aromatic carbocycles. The zero-order chi connectivity index (χ0) is 23.9. The first-order valence-corrected chi connectivity index (χ1v) is 13.1. The monoisotopic (exact) mass is 485 g/mol. The summed E-state index contributed by atoms with van der Waals surface area (Å²) in [6.07, 6.45) is 6.08. The van der Waals surface area contributed by atoms with Crippen molar-refractivity contribution in [2.75, 3.05) is 31.5 Å². The third-order valence-corrected chi connectivity index (χ3v) is 8.35. The molecule has 2 saturated heterocycles. The van der Waals surface area contributed by atoms with Gasteiger partial charge in [0.2, 0.25) is 5.89 Å². The van der Waals surface area contributed by atoms with E-state index in [1.165, 1.54) is 0 Å². The van der Waals surface area contributed by atoms with E-state index in [0.717, 1.165) is 74.6 Å². The molecule has 34 heavy (non-hydrogen) atoms. The van der Waals surface area contributed by atoms with Crippen molar-refractivity contribution in [3.8, 4) is 0 Å². The van der Waals surface area contributed by atoms with Gasteiger partial charge in [0.15, 0.2) is 5.82 Å². The highest BCUT2D eigenvalue weighted by molar-refractivity contribution is 6.33. The van der Waals surface area contributed by atoms with Crippen molar-refractivity contribution < 1.29 is 9.32 Å². The summed E-state index contributed by atoms with van der Waals surface area (Å²) in [5.74, 6) is 2.43. The second-order valence-corrected chi connectivity index (χ2v) is 11.2. The first kappa shape index (κ1) is 23.6. The van der Waals surface area contributed by atoms with Crippen LogP contribution in [0.3, 0.4) is 0 Å². The Kier molecular flexibility index (Phi) is 6.60. The fourth-order valence-electron chi connectivity index (χ4n) is 5.33. The largest absolute Gasteiger partial charge is 0.339 e. The average Bonchev–Trinajstić information content (AvgIpc) is 3.56. The third-order valence-electron chi connectivity index (χ3n) is 8.04. The van der Waals surface area contributed by atoms with E-state index < -0.39 is 0 Å². The molecule has 2 aliphatic heterocycles. The van der Waals surface area contributed by atoms with Crippen LogP contribution in [-0.2, 0) is 5.41 Å². The number of hydrogen-bond acceptors (Lipinski definition) is 5. The average molecular weight is 486 g/mol. The number of carbonyl (C=O) groups excluding carboxylic acids is 1. The van der Waals surface area contributed by atoms with Gasteiger partial charge >= 0.3 is 6.03 Å². The van der Waals surface area contributed by atoms with Crippen LogP contribution in [0.25, 0.3) is 0 Å². The molecule has 2 aromatic rings. The lowest BCUT2D eigenvalue weighted by Gasteiger charge is -2.38. The Balaban J connectivity index is 1.23. The number of anilines is 1. The summed E-state index contributed by atoms with van der Waals surface area (Å²) >= 11 is 6.60. The molecule has 3 aliphatic rings. The van der Waals surface area contributed by atoms with Gasteiger partial charge in [-0.25, -0.2) is 4.79 Å². The maximum atomic E-state index is 13.2. The van der Waals surface area contributed by atoms with Gasteiger partial charge in [0.1, 0.15) is 0 Å². The molecule has 7 nitrogen and oxygen atoms in total. The number of rotatable bonds is 5. The van der Waals surface area contributed by atoms with Gasteiger partial charge in [-0.3, -0.25) is 0 Å². The van der Waals surface area contributed by atoms with Crippen LogP contribution < -0.4 is 5.32 Å². The molecule has 0 spiro atoms. The number of benzene rings is 1. The molecule has 3 fully saturated rings. The molecule has 0 radical (unpaired) electrons. The fourth-order valence-corrected chi connectivity index (χ4v) is 5.56. The Labute approximate surface area is 207 Å². The summed E-state index contributed by atoms with van der Waals surface area (Å²) < 4.78 is 5.49. The summed E-state index contributed by atoms with van der Waals surface area (Å²) in [7, 11) is 0. The highest BCUT2D eigenvalue weighted by Gasteiger charge is 2.39. The number of para-hydroxylation sites is 1. The number of likely N-dealkylation sites (tertiary alicyclic amines) is 2. The van der Waals surface area contributed by atoms with Crippen LogP contribution in [0, 0.1) is 0 Å². The second kappa shape index (κ2) is 9.50. The lowest BCUT2D eigenvalue weighted by molar-refractivity contribution is 0.169. The Morgan fingerprint density at radius 1 is 1.12 bits per heavy atom. The smallest absolute Gasteiger partial charge is 0.321 e. The van der Waals surface area contributed by atoms with E-state index in [-0.39, 0.29) is 11.4 Å². The van der Waals surface area contributed by atoms with Crippen molar-refractivity contribution in [3.05, 3.63) is 40.5 Å². The SMILES string of the molecule is CC(C)N1CCC(c2cccc(Cl)c2NC(=O)N2CCC(C)(c3noc(C4CC4)n3)CC2)CC1. The number of hydrogen-bond donors (Lipinski definition) is 1. The van der Waals surface area contributed by atoms with Crippen LogP contribution in [0.5, 0.6) is 0 Å². The molecule has 2 amide bonds. The zero-order valence-corrected chi connectivity index (χ0v) is 21.3. The Bertz CT molecular complexity index is 1020. The maximum Gasteiger partial charge on any atom is 0.321 e. The van der Waals surface area contributed by atoms with Crippen LogP contribution in [0.2, 0.25) is 5.02 Å². The molecular weight excluding hydrogens is 450 g/mol. The minimum atomic E-state index is -0.159. The van der Waals surface area contributed by atoms with Crippen molar-refractivity contribution in [1.29, 1.82) is 0 Å². The summed E-state index contributed by atoms with van der Waals surface area (Å²) in [5.41, 5.74) is 1.77. The molecule has 0 atom stereocenters. The maximum absolute atomic E-state index is 13.2. The molecule has 0 bridgehead atoms. The first-order valence-electron chi connectivity index (χ1n) is 12.8. The van der Waals surface area contributed by atoms with Gasteiger partial charge in [-0.05, 0) is 83.0 Å². The molecule has 0 unspecified atom stereocenters. The summed E-state index contributed by atoms with van der Waals surface area (Å²) in [6.45, 7) is 10.1. The number of urea groups is 1. The van der Waals surface area contributed by atoms with Gasteiger partial charge in [0, 0.05) is 30.5 Å². The normalized spacial score (nSPS) is 21.7. The first-order chi connectivity index (χ1) is 16.3. The van der Waals surface area contributed by atoms with Crippen LogP contribution >= 0.6 is 11.6 Å². The lowest BCUT2D eigenvalue weighted by atomic mass is 9.79. The summed E-state index contributed by atoms with van der Waals surface area (Å²) in [6, 6.07) is 6.47. The standard InChI is InChI=1S/C26H36ClN5O2/c1-17(2)31-13-9-18(10-14-31)20-5-4-6-21(27)22(20)28-25(33)32-15-11-26(3,12-16-32)24-29-23(34-30-24)19-7-8-19/h4-6,17-19H,7-16H2,1-3H3,(H,28,33). The van der Waals surface area contributed by atoms with Crippen molar-refractivity contribution in [2.24, 2.45) is 0 Å². The predicted octanol–water partition coefficient (Wildman–Crippen LogP) is 5.77. The molecule has 1 aliphatic carbocycles. The molecule has 8 heteroatoms. The molecule has 1 saturated carbocycles. The quantitative estimate of drug-likeness (QED) is 0.581. The minimum absolute atomic E-state index is 0.0807. The van der Waals surface area contributed by atoms with Gasteiger partial charge in [0.05, 0.1) is 10.7 Å². The Hall–Kier alpha value is -2.12. The van der Waals surface area contributed by atoms with E-state index in [0.29, 0.717) is 36.0 Å². The van der Waals surface area contributed by atoms with Crippen LogP contribution in [0.4, 0.5) is 10.5 Å². The van der Waals surface area contributed by atoms with E-state index in [1.807, 2.05) is 17.0 Å². The van der Waals surface area contributed by atoms with E-state index >= 15 is 0 Å². The van der Waals surface area contributed by atoms with Crippen molar-refractivity contribution >= 4 is 23.3 Å².